The van der Waals surface area contributed by atoms with Crippen LogP contribution in [-0.4, -0.2) is 22.1 Å². The zero-order valence-electron chi connectivity index (χ0n) is 10.6. The van der Waals surface area contributed by atoms with Crippen molar-refractivity contribution >= 4 is 45.9 Å². The van der Waals surface area contributed by atoms with Gasteiger partial charge in [0, 0.05) is 15.3 Å². The Kier molecular flexibility index (Phi) is 5.18. The molecule has 1 aromatic heterocycles. The summed E-state index contributed by atoms with van der Waals surface area (Å²) in [7, 11) is 0. The zero-order chi connectivity index (χ0) is 14.5. The normalized spacial score (nSPS) is 10.3. The molecule has 5 nitrogen and oxygen atoms in total. The summed E-state index contributed by atoms with van der Waals surface area (Å²) in [5, 5.41) is 2.72. The number of carbonyl (C=O) groups excluding carboxylic acids is 1. The van der Waals surface area contributed by atoms with Gasteiger partial charge in [-0.2, -0.15) is 11.8 Å². The molecule has 0 aliphatic carbocycles. The molecule has 0 atom stereocenters. The first-order valence-electron chi connectivity index (χ1n) is 5.74. The second kappa shape index (κ2) is 6.89. The molecule has 2 rings (SSSR count). The second-order valence-electron chi connectivity index (χ2n) is 3.97. The Morgan fingerprint density at radius 1 is 1.40 bits per heavy atom. The van der Waals surface area contributed by atoms with Crippen molar-refractivity contribution in [1.82, 2.24) is 9.97 Å². The number of halogens is 1. The molecule has 0 aliphatic heterocycles. The maximum Gasteiger partial charge on any atom is 0.274 e. The fourth-order valence-corrected chi connectivity index (χ4v) is 2.33. The predicted molar refractivity (Wildman–Crippen MR) is 89.2 cm³/mol. The number of anilines is 1. The highest BCUT2D eigenvalue weighted by atomic mass is 127. The Morgan fingerprint density at radius 3 is 2.75 bits per heavy atom. The van der Waals surface area contributed by atoms with Crippen LogP contribution in [0.5, 0.6) is 0 Å². The summed E-state index contributed by atoms with van der Waals surface area (Å²) >= 11 is 3.71. The molecule has 0 radical (unpaired) electrons. The zero-order valence-corrected chi connectivity index (χ0v) is 13.6. The van der Waals surface area contributed by atoms with Crippen LogP contribution in [0.3, 0.4) is 0 Å². The number of hydrogen-bond acceptors (Lipinski definition) is 4. The van der Waals surface area contributed by atoms with Gasteiger partial charge in [0.2, 0.25) is 0 Å². The number of H-pyrrole nitrogens is 1. The number of nitrogens with one attached hydrogen (secondary N) is 2. The first kappa shape index (κ1) is 15.0. The lowest BCUT2D eigenvalue weighted by atomic mass is 10.3. The molecule has 0 spiro atoms. The van der Waals surface area contributed by atoms with Gasteiger partial charge in [-0.1, -0.05) is 0 Å². The van der Waals surface area contributed by atoms with Gasteiger partial charge in [0.25, 0.3) is 11.5 Å². The summed E-state index contributed by atoms with van der Waals surface area (Å²) in [6.07, 6.45) is 1.90. The number of aromatic amines is 1. The van der Waals surface area contributed by atoms with Crippen molar-refractivity contribution in [3.63, 3.8) is 0 Å². The highest BCUT2D eigenvalue weighted by Gasteiger charge is 2.10. The number of nitrogens with zero attached hydrogens (tertiary/aromatic N) is 1. The fourth-order valence-electron chi connectivity index (χ4n) is 1.56. The topological polar surface area (TPSA) is 74.8 Å². The van der Waals surface area contributed by atoms with Crippen molar-refractivity contribution in [3.8, 4) is 0 Å². The fraction of sp³-hybridized carbons (Fsp3) is 0.154. The minimum Gasteiger partial charge on any atom is -0.321 e. The van der Waals surface area contributed by atoms with Crippen LogP contribution in [0.25, 0.3) is 0 Å². The standard InChI is InChI=1S/C13H12IN3O2S/c1-20-7-11-16-10(6-12(18)17-11)13(19)15-9-4-2-8(14)3-5-9/h2-6H,7H2,1H3,(H,15,19)(H,16,17,18). The molecule has 1 heterocycles. The van der Waals surface area contributed by atoms with Gasteiger partial charge >= 0.3 is 0 Å². The SMILES string of the molecule is CSCc1nc(C(=O)Nc2ccc(I)cc2)cc(=O)[nH]1. The van der Waals surface area contributed by atoms with Gasteiger partial charge in [0.1, 0.15) is 11.5 Å². The number of rotatable bonds is 4. The molecule has 1 aromatic carbocycles. The van der Waals surface area contributed by atoms with Crippen LogP contribution in [-0.2, 0) is 5.75 Å². The van der Waals surface area contributed by atoms with Crippen LogP contribution in [0.4, 0.5) is 5.69 Å². The lowest BCUT2D eigenvalue weighted by Gasteiger charge is -2.06. The Bertz CT molecular complexity index is 670. The van der Waals surface area contributed by atoms with E-state index in [1.165, 1.54) is 17.8 Å². The maximum atomic E-state index is 12.1. The van der Waals surface area contributed by atoms with Crippen LogP contribution in [0.2, 0.25) is 0 Å². The molecule has 2 N–H and O–H groups in total. The molecule has 7 heteroatoms. The average molecular weight is 401 g/mol. The summed E-state index contributed by atoms with van der Waals surface area (Å²) in [5.74, 6) is 0.664. The van der Waals surface area contributed by atoms with E-state index < -0.39 is 0 Å². The monoisotopic (exact) mass is 401 g/mol. The number of benzene rings is 1. The van der Waals surface area contributed by atoms with E-state index >= 15 is 0 Å². The largest absolute Gasteiger partial charge is 0.321 e. The summed E-state index contributed by atoms with van der Waals surface area (Å²) in [5.41, 5.74) is 0.470. The third-order valence-corrected chi connectivity index (χ3v) is 3.69. The van der Waals surface area contributed by atoms with E-state index in [0.29, 0.717) is 17.3 Å². The van der Waals surface area contributed by atoms with E-state index in [0.717, 1.165) is 3.57 Å². The van der Waals surface area contributed by atoms with E-state index in [9.17, 15) is 9.59 Å². The summed E-state index contributed by atoms with van der Waals surface area (Å²) in [4.78, 5) is 30.3. The average Bonchev–Trinajstić information content (AvgIpc) is 2.41. The van der Waals surface area contributed by atoms with E-state index in [-0.39, 0.29) is 17.2 Å². The summed E-state index contributed by atoms with van der Waals surface area (Å²) in [6.45, 7) is 0. The minimum absolute atomic E-state index is 0.122. The molecule has 104 valence electrons. The molecule has 0 unspecified atom stereocenters. The van der Waals surface area contributed by atoms with Crippen molar-refractivity contribution in [2.45, 2.75) is 5.75 Å². The number of carbonyl (C=O) groups is 1. The van der Waals surface area contributed by atoms with Gasteiger partial charge in [-0.3, -0.25) is 9.59 Å². The van der Waals surface area contributed by atoms with Gasteiger partial charge in [-0.25, -0.2) is 4.98 Å². The van der Waals surface area contributed by atoms with Crippen molar-refractivity contribution in [1.29, 1.82) is 0 Å². The van der Waals surface area contributed by atoms with Gasteiger partial charge < -0.3 is 10.3 Å². The summed E-state index contributed by atoms with van der Waals surface area (Å²) < 4.78 is 1.08. The van der Waals surface area contributed by atoms with E-state index in [2.05, 4.69) is 37.9 Å². The molecule has 20 heavy (non-hydrogen) atoms. The Morgan fingerprint density at radius 2 is 2.10 bits per heavy atom. The number of thioether (sulfide) groups is 1. The van der Waals surface area contributed by atoms with Crippen LogP contribution in [0, 0.1) is 3.57 Å². The molecule has 0 saturated heterocycles. The van der Waals surface area contributed by atoms with Crippen LogP contribution < -0.4 is 10.9 Å². The molecular formula is C13H12IN3O2S. The smallest absolute Gasteiger partial charge is 0.274 e. The van der Waals surface area contributed by atoms with Crippen molar-refractivity contribution < 1.29 is 4.79 Å². The Balaban J connectivity index is 2.20. The van der Waals surface area contributed by atoms with Crippen LogP contribution in [0.1, 0.15) is 16.3 Å². The quantitative estimate of drug-likeness (QED) is 0.773. The van der Waals surface area contributed by atoms with Gasteiger partial charge in [0.15, 0.2) is 0 Å². The Labute approximate surface area is 133 Å². The number of aromatic nitrogens is 2. The Hall–Kier alpha value is -1.35. The van der Waals surface area contributed by atoms with Gasteiger partial charge in [-0.15, -0.1) is 0 Å². The highest BCUT2D eigenvalue weighted by molar-refractivity contribution is 14.1. The van der Waals surface area contributed by atoms with Gasteiger partial charge in [-0.05, 0) is 53.1 Å². The van der Waals surface area contributed by atoms with Crippen LogP contribution in [0.15, 0.2) is 35.1 Å². The van der Waals surface area contributed by atoms with E-state index in [1.54, 1.807) is 12.1 Å². The van der Waals surface area contributed by atoms with E-state index in [4.69, 9.17) is 0 Å². The first-order valence-corrected chi connectivity index (χ1v) is 8.22. The van der Waals surface area contributed by atoms with Crippen molar-refractivity contribution in [2.75, 3.05) is 11.6 Å². The van der Waals surface area contributed by atoms with Crippen molar-refractivity contribution in [3.05, 3.63) is 55.8 Å². The molecule has 0 aliphatic rings. The molecule has 0 saturated carbocycles. The molecule has 2 aromatic rings. The van der Waals surface area contributed by atoms with E-state index in [1.807, 2.05) is 18.4 Å². The lowest BCUT2D eigenvalue weighted by molar-refractivity contribution is 0.102. The molecule has 0 fully saturated rings. The maximum absolute atomic E-state index is 12.1. The van der Waals surface area contributed by atoms with Gasteiger partial charge in [0.05, 0.1) is 5.75 Å². The molecule has 1 amide bonds. The third kappa shape index (κ3) is 4.07. The number of amides is 1. The van der Waals surface area contributed by atoms with Crippen LogP contribution >= 0.6 is 34.4 Å². The summed E-state index contributed by atoms with van der Waals surface area (Å²) in [6, 6.07) is 8.58. The number of hydrogen-bond donors (Lipinski definition) is 2. The second-order valence-corrected chi connectivity index (χ2v) is 6.08. The lowest BCUT2D eigenvalue weighted by Crippen LogP contribution is -2.20. The molecule has 0 bridgehead atoms. The minimum atomic E-state index is -0.389. The molecular weight excluding hydrogens is 389 g/mol. The third-order valence-electron chi connectivity index (χ3n) is 2.41. The first-order chi connectivity index (χ1) is 9.58. The van der Waals surface area contributed by atoms with Crippen molar-refractivity contribution in [2.24, 2.45) is 0 Å². The highest BCUT2D eigenvalue weighted by Crippen LogP contribution is 2.12. The predicted octanol–water partition coefficient (Wildman–Crippen LogP) is 2.49.